The van der Waals surface area contributed by atoms with E-state index in [2.05, 4.69) is 20.6 Å². The van der Waals surface area contributed by atoms with Crippen LogP contribution in [-0.2, 0) is 36.4 Å². The van der Waals surface area contributed by atoms with Crippen molar-refractivity contribution < 1.29 is 55.7 Å². The standard InChI is InChI=1S/C55H62F4N8O8S/c1-8-30-23-36(61-47(30)39-11-9-17-65(39)50(68)46(27(2)3)63-53(70)72-6)32-22-35(56)45-41-24-33-21-31(13-14-38(33)67(41)52(75-42(45)25-32)43-15-16-44(76-43)55(57,58)59)37-26-60-49(62-37)40-12-10-18-66(40)51(69)48(64-54(71)73-7)34-19-28(4)74-29(5)20-34/h13-16,21-29,34,39-40,46,48,52,61H,8-12,17-20H2,1-7H3,(H,60,62)(H,63,70)(H,64,71). The average molecular weight is 1070 g/mol. The van der Waals surface area contributed by atoms with Crippen LogP contribution in [0.25, 0.3) is 44.7 Å². The van der Waals surface area contributed by atoms with Crippen LogP contribution in [0, 0.1) is 17.7 Å². The van der Waals surface area contributed by atoms with Gasteiger partial charge in [0.2, 0.25) is 18.0 Å². The van der Waals surface area contributed by atoms with Crippen LogP contribution in [0.15, 0.2) is 60.8 Å². The number of ether oxygens (including phenoxy) is 4. The molecule has 2 aromatic carbocycles. The summed E-state index contributed by atoms with van der Waals surface area (Å²) in [6, 6.07) is 12.4. The molecule has 4 aliphatic heterocycles. The van der Waals surface area contributed by atoms with Crippen LogP contribution in [0.3, 0.4) is 0 Å². The SMILES string of the molecule is CCc1cc(-c2cc(F)c3c(c2)OC(c2ccc(C(F)(F)F)s2)n2c-3cc3cc(-c4cnc(C5CCCN5C(=O)C(NC(=O)OC)C5CC(C)OC(C)C5)[nH]4)ccc32)[nH]c1C1CCCN1C(=O)C(NC(=O)OC)C(C)C. The van der Waals surface area contributed by atoms with Crippen LogP contribution in [0.1, 0.15) is 118 Å². The van der Waals surface area contributed by atoms with E-state index in [4.69, 9.17) is 23.9 Å². The van der Waals surface area contributed by atoms with Gasteiger partial charge in [0.05, 0.1) is 72.1 Å². The maximum atomic E-state index is 17.1. The van der Waals surface area contributed by atoms with E-state index in [1.807, 2.05) is 65.0 Å². The molecule has 7 unspecified atom stereocenters. The molecule has 3 fully saturated rings. The number of fused-ring (bicyclic) bond motifs is 5. The molecule has 4 aliphatic rings. The third-order valence-corrected chi connectivity index (χ3v) is 16.5. The van der Waals surface area contributed by atoms with E-state index in [0.29, 0.717) is 95.9 Å². The number of methoxy groups -OCH3 is 2. The van der Waals surface area contributed by atoms with Gasteiger partial charge in [-0.25, -0.2) is 19.0 Å². The van der Waals surface area contributed by atoms with E-state index >= 15 is 4.39 Å². The number of nitrogens with zero attached hydrogens (tertiary/aromatic N) is 4. The molecule has 16 nitrogen and oxygen atoms in total. The molecular formula is C55H62F4N8O8S. The number of aromatic amines is 2. The number of thiophene rings is 1. The number of imidazole rings is 1. The maximum absolute atomic E-state index is 17.1. The fraction of sp³-hybridized carbons (Fsp3) is 0.473. The van der Waals surface area contributed by atoms with E-state index in [1.165, 1.54) is 26.4 Å². The van der Waals surface area contributed by atoms with Crippen molar-refractivity contribution in [1.82, 2.24) is 40.0 Å². The van der Waals surface area contributed by atoms with E-state index in [0.717, 1.165) is 35.7 Å². The summed E-state index contributed by atoms with van der Waals surface area (Å²) in [6.45, 7) is 10.6. The predicted octanol–water partition coefficient (Wildman–Crippen LogP) is 11.1. The van der Waals surface area contributed by atoms with Crippen LogP contribution in [-0.4, -0.2) is 105 Å². The molecule has 0 radical (unpaired) electrons. The van der Waals surface area contributed by atoms with Crippen molar-refractivity contribution in [1.29, 1.82) is 0 Å². The van der Waals surface area contributed by atoms with Gasteiger partial charge in [0.15, 0.2) is 0 Å². The molecule has 404 valence electrons. The Hall–Kier alpha value is -6.87. The monoisotopic (exact) mass is 1070 g/mol. The molecule has 4 amide bonds. The summed E-state index contributed by atoms with van der Waals surface area (Å²) >= 11 is 0.558. The quantitative estimate of drug-likeness (QED) is 0.0866. The minimum absolute atomic E-state index is 0.0924. The number of likely N-dealkylation sites (tertiary alicyclic amines) is 2. The van der Waals surface area contributed by atoms with Gasteiger partial charge in [-0.2, -0.15) is 13.2 Å². The molecule has 0 aliphatic carbocycles. The van der Waals surface area contributed by atoms with Gasteiger partial charge in [-0.3, -0.25) is 14.2 Å². The Morgan fingerprint density at radius 3 is 2.22 bits per heavy atom. The lowest BCUT2D eigenvalue weighted by molar-refractivity contribution is -0.138. The fourth-order valence-corrected chi connectivity index (χ4v) is 12.7. The summed E-state index contributed by atoms with van der Waals surface area (Å²) in [5.41, 5.74) is 5.22. The molecule has 6 aromatic rings. The minimum Gasteiger partial charge on any atom is -0.464 e. The third-order valence-electron chi connectivity index (χ3n) is 15.3. The van der Waals surface area contributed by atoms with Gasteiger partial charge in [-0.05, 0) is 125 Å². The summed E-state index contributed by atoms with van der Waals surface area (Å²) in [5.74, 6) is -0.753. The molecule has 4 aromatic heterocycles. The van der Waals surface area contributed by atoms with Crippen LogP contribution < -0.4 is 15.4 Å². The van der Waals surface area contributed by atoms with Crippen LogP contribution in [0.4, 0.5) is 27.2 Å². The van der Waals surface area contributed by atoms with Crippen LogP contribution in [0.2, 0.25) is 0 Å². The number of aromatic nitrogens is 4. The number of hydrogen-bond acceptors (Lipinski definition) is 10. The Labute approximate surface area is 440 Å². The first kappa shape index (κ1) is 52.6. The van der Waals surface area contributed by atoms with Crippen molar-refractivity contribution in [3.8, 4) is 39.5 Å². The van der Waals surface area contributed by atoms with Crippen molar-refractivity contribution in [2.24, 2.45) is 11.8 Å². The number of benzene rings is 2. The molecule has 76 heavy (non-hydrogen) atoms. The van der Waals surface area contributed by atoms with E-state index in [9.17, 15) is 32.3 Å². The van der Waals surface area contributed by atoms with E-state index in [-0.39, 0.29) is 58.1 Å². The highest BCUT2D eigenvalue weighted by molar-refractivity contribution is 7.12. The van der Waals surface area contributed by atoms with Crippen LogP contribution >= 0.6 is 11.3 Å². The summed E-state index contributed by atoms with van der Waals surface area (Å²) in [6.07, 6.45) is -1.06. The highest BCUT2D eigenvalue weighted by atomic mass is 32.1. The normalized spacial score (nSPS) is 22.3. The minimum atomic E-state index is -4.60. The Morgan fingerprint density at radius 2 is 1.55 bits per heavy atom. The van der Waals surface area contributed by atoms with Crippen molar-refractivity contribution >= 4 is 46.2 Å². The number of carbonyl (C=O) groups excluding carboxylic acids is 4. The second kappa shape index (κ2) is 20.9. The first-order valence-electron chi connectivity index (χ1n) is 25.9. The van der Waals surface area contributed by atoms with Gasteiger partial charge < -0.3 is 49.3 Å². The molecule has 3 saturated heterocycles. The molecule has 4 N–H and O–H groups in total. The number of alkyl carbamates (subject to hydrolysis) is 2. The molecule has 8 heterocycles. The number of hydrogen-bond donors (Lipinski definition) is 4. The van der Waals surface area contributed by atoms with Gasteiger partial charge in [0.25, 0.3) is 0 Å². The molecule has 0 spiro atoms. The number of alkyl halides is 3. The highest BCUT2D eigenvalue weighted by Gasteiger charge is 2.43. The third kappa shape index (κ3) is 9.91. The largest absolute Gasteiger partial charge is 0.464 e. The first-order valence-corrected chi connectivity index (χ1v) is 26.7. The Balaban J connectivity index is 0.979. The van der Waals surface area contributed by atoms with Crippen LogP contribution in [0.5, 0.6) is 5.75 Å². The Kier molecular flexibility index (Phi) is 14.5. The molecule has 7 atom stereocenters. The maximum Gasteiger partial charge on any atom is 0.425 e. The fourth-order valence-electron chi connectivity index (χ4n) is 11.8. The first-order chi connectivity index (χ1) is 36.3. The van der Waals surface area contributed by atoms with E-state index in [1.54, 1.807) is 26.6 Å². The number of carbonyl (C=O) groups is 4. The second-order valence-electron chi connectivity index (χ2n) is 20.7. The molecule has 21 heteroatoms. The molecule has 0 saturated carbocycles. The van der Waals surface area contributed by atoms with Gasteiger partial charge >= 0.3 is 18.4 Å². The number of amides is 4. The zero-order chi connectivity index (χ0) is 53.9. The lowest BCUT2D eigenvalue weighted by Gasteiger charge is -2.38. The van der Waals surface area contributed by atoms with Crippen molar-refractivity contribution in [3.05, 3.63) is 93.4 Å². The number of H-pyrrole nitrogens is 2. The predicted molar refractivity (Wildman–Crippen MR) is 276 cm³/mol. The summed E-state index contributed by atoms with van der Waals surface area (Å²) in [4.78, 5) is 68.0. The molecule has 10 rings (SSSR count). The van der Waals surface area contributed by atoms with Gasteiger partial charge in [0.1, 0.15) is 34.4 Å². The zero-order valence-electron chi connectivity index (χ0n) is 43.3. The topological polar surface area (TPSA) is 185 Å². The van der Waals surface area contributed by atoms with Gasteiger partial charge in [-0.1, -0.05) is 26.8 Å². The number of halogens is 4. The van der Waals surface area contributed by atoms with Gasteiger partial charge in [0, 0.05) is 41.0 Å². The smallest absolute Gasteiger partial charge is 0.425 e. The summed E-state index contributed by atoms with van der Waals surface area (Å²) < 4.78 is 83.6. The molecular weight excluding hydrogens is 1010 g/mol. The summed E-state index contributed by atoms with van der Waals surface area (Å²) in [7, 11) is 2.51. The highest BCUT2D eigenvalue weighted by Crippen LogP contribution is 2.50. The van der Waals surface area contributed by atoms with Crippen molar-refractivity contribution in [3.63, 3.8) is 0 Å². The van der Waals surface area contributed by atoms with E-state index < -0.39 is 53.4 Å². The van der Waals surface area contributed by atoms with Crippen molar-refractivity contribution in [2.75, 3.05) is 27.3 Å². The Morgan fingerprint density at radius 1 is 0.855 bits per heavy atom. The second-order valence-corrected chi connectivity index (χ2v) is 21.8. The van der Waals surface area contributed by atoms with Gasteiger partial charge in [-0.15, -0.1) is 11.3 Å². The average Bonchev–Trinajstić information content (AvgIpc) is 4.29. The molecule has 0 bridgehead atoms. The lowest BCUT2D eigenvalue weighted by atomic mass is 9.85. The number of rotatable bonds is 12. The lowest BCUT2D eigenvalue weighted by Crippen LogP contribution is -2.54. The Bertz CT molecular complexity index is 3170. The zero-order valence-corrected chi connectivity index (χ0v) is 44.1. The summed E-state index contributed by atoms with van der Waals surface area (Å²) in [5, 5.41) is 6.17. The number of nitrogens with one attached hydrogen (secondary N) is 4. The van der Waals surface area contributed by atoms with Crippen molar-refractivity contribution in [2.45, 2.75) is 128 Å². The number of aryl methyl sites for hydroxylation is 1.